The summed E-state index contributed by atoms with van der Waals surface area (Å²) in [5, 5.41) is 3.50. The molecule has 1 aromatic heterocycles. The summed E-state index contributed by atoms with van der Waals surface area (Å²) < 4.78 is 32.1. The van der Waals surface area contributed by atoms with Crippen LogP contribution in [0, 0.1) is 0 Å². The molecule has 27 heavy (non-hydrogen) atoms. The Morgan fingerprint density at radius 3 is 2.48 bits per heavy atom. The van der Waals surface area contributed by atoms with Crippen molar-refractivity contribution >= 4 is 33.0 Å². The molecule has 1 saturated heterocycles. The normalized spacial score (nSPS) is 15.7. The molecule has 0 saturated carbocycles. The van der Waals surface area contributed by atoms with Crippen molar-refractivity contribution in [2.45, 2.75) is 4.90 Å². The maximum atomic E-state index is 12.7. The summed E-state index contributed by atoms with van der Waals surface area (Å²) in [6, 6.07) is 14.4. The van der Waals surface area contributed by atoms with E-state index in [9.17, 15) is 8.42 Å². The van der Waals surface area contributed by atoms with Gasteiger partial charge in [0.1, 0.15) is 5.01 Å². The van der Waals surface area contributed by atoms with Crippen LogP contribution < -0.4 is 0 Å². The number of morpholine rings is 1. The zero-order valence-corrected chi connectivity index (χ0v) is 16.7. The lowest BCUT2D eigenvalue weighted by atomic mass is 10.2. The monoisotopic (exact) mass is 420 g/mol. The SMILES string of the molecule is O=S(=O)(c1ccc(-c2csc(-c3cccc(Cl)c3)n2)cc1)N1CCOCC1. The lowest BCUT2D eigenvalue weighted by molar-refractivity contribution is 0.0730. The first-order chi connectivity index (χ1) is 13.0. The number of nitrogens with zero attached hydrogens (tertiary/aromatic N) is 2. The molecule has 0 unspecified atom stereocenters. The van der Waals surface area contributed by atoms with E-state index in [4.69, 9.17) is 16.3 Å². The fourth-order valence-corrected chi connectivity index (χ4v) is 5.32. The molecule has 0 spiro atoms. The van der Waals surface area contributed by atoms with Gasteiger partial charge in [0.05, 0.1) is 23.8 Å². The van der Waals surface area contributed by atoms with Crippen LogP contribution in [0.2, 0.25) is 5.02 Å². The number of ether oxygens (including phenoxy) is 1. The summed E-state index contributed by atoms with van der Waals surface area (Å²) in [7, 11) is -3.48. The van der Waals surface area contributed by atoms with Crippen molar-refractivity contribution in [1.82, 2.24) is 9.29 Å². The quantitative estimate of drug-likeness (QED) is 0.636. The summed E-state index contributed by atoms with van der Waals surface area (Å²) in [4.78, 5) is 4.95. The van der Waals surface area contributed by atoms with Gasteiger partial charge in [-0.05, 0) is 24.3 Å². The molecular formula is C19H17ClN2O3S2. The molecule has 2 heterocycles. The summed E-state index contributed by atoms with van der Waals surface area (Å²) in [5.41, 5.74) is 2.65. The second-order valence-corrected chi connectivity index (χ2v) is 9.32. The van der Waals surface area contributed by atoms with Gasteiger partial charge in [0.25, 0.3) is 0 Å². The molecule has 8 heteroatoms. The number of hydrogen-bond acceptors (Lipinski definition) is 5. The minimum absolute atomic E-state index is 0.290. The third-order valence-corrected chi connectivity index (χ3v) is 7.37. The van der Waals surface area contributed by atoms with Crippen molar-refractivity contribution in [1.29, 1.82) is 0 Å². The van der Waals surface area contributed by atoms with Gasteiger partial charge in [-0.15, -0.1) is 11.3 Å². The zero-order chi connectivity index (χ0) is 18.9. The minimum atomic E-state index is -3.48. The molecule has 0 aliphatic carbocycles. The van der Waals surface area contributed by atoms with Crippen molar-refractivity contribution in [2.75, 3.05) is 26.3 Å². The van der Waals surface area contributed by atoms with Crippen LogP contribution in [0.1, 0.15) is 0 Å². The van der Waals surface area contributed by atoms with Gasteiger partial charge in [-0.3, -0.25) is 0 Å². The highest BCUT2D eigenvalue weighted by molar-refractivity contribution is 7.89. The highest BCUT2D eigenvalue weighted by atomic mass is 35.5. The smallest absolute Gasteiger partial charge is 0.243 e. The van der Waals surface area contributed by atoms with Crippen LogP contribution >= 0.6 is 22.9 Å². The summed E-state index contributed by atoms with van der Waals surface area (Å²) in [6.45, 7) is 1.64. The molecule has 2 aromatic carbocycles. The fraction of sp³-hybridized carbons (Fsp3) is 0.211. The molecule has 140 valence electrons. The van der Waals surface area contributed by atoms with Crippen LogP contribution in [0.15, 0.2) is 58.8 Å². The van der Waals surface area contributed by atoms with Crippen LogP contribution in [0.3, 0.4) is 0 Å². The molecule has 1 aliphatic heterocycles. The summed E-state index contributed by atoms with van der Waals surface area (Å²) >= 11 is 7.58. The molecule has 0 amide bonds. The van der Waals surface area contributed by atoms with Crippen molar-refractivity contribution in [3.05, 3.63) is 58.9 Å². The van der Waals surface area contributed by atoms with Crippen molar-refractivity contribution in [3.8, 4) is 21.8 Å². The van der Waals surface area contributed by atoms with Crippen LogP contribution in [0.25, 0.3) is 21.8 Å². The average Bonchev–Trinajstić information content (AvgIpc) is 3.19. The molecule has 1 aliphatic rings. The first-order valence-corrected chi connectivity index (χ1v) is 11.1. The standard InChI is InChI=1S/C19H17ClN2O3S2/c20-16-3-1-2-15(12-16)19-21-18(13-26-19)14-4-6-17(7-5-14)27(23,24)22-8-10-25-11-9-22/h1-7,12-13H,8-11H2. The van der Waals surface area contributed by atoms with E-state index in [1.54, 1.807) is 24.3 Å². The van der Waals surface area contributed by atoms with Gasteiger partial charge in [-0.25, -0.2) is 13.4 Å². The van der Waals surface area contributed by atoms with Gasteiger partial charge < -0.3 is 4.74 Å². The van der Waals surface area contributed by atoms with Gasteiger partial charge in [0, 0.05) is 34.6 Å². The number of thiazole rings is 1. The van der Waals surface area contributed by atoms with E-state index in [2.05, 4.69) is 4.98 Å². The molecule has 4 rings (SSSR count). The van der Waals surface area contributed by atoms with Gasteiger partial charge in [-0.2, -0.15) is 4.31 Å². The van der Waals surface area contributed by atoms with Gasteiger partial charge in [0.2, 0.25) is 10.0 Å². The molecular weight excluding hydrogens is 404 g/mol. The van der Waals surface area contributed by atoms with Crippen molar-refractivity contribution in [2.24, 2.45) is 0 Å². The minimum Gasteiger partial charge on any atom is -0.379 e. The van der Waals surface area contributed by atoms with E-state index < -0.39 is 10.0 Å². The van der Waals surface area contributed by atoms with Crippen LogP contribution in [-0.2, 0) is 14.8 Å². The van der Waals surface area contributed by atoms with Crippen LogP contribution in [0.4, 0.5) is 0 Å². The Kier molecular flexibility index (Phi) is 5.29. The Labute approximate surface area is 167 Å². The third-order valence-electron chi connectivity index (χ3n) is 4.33. The van der Waals surface area contributed by atoms with E-state index >= 15 is 0 Å². The number of sulfonamides is 1. The molecule has 0 bridgehead atoms. The topological polar surface area (TPSA) is 59.5 Å². The Bertz CT molecular complexity index is 1040. The molecule has 0 N–H and O–H groups in total. The Morgan fingerprint density at radius 1 is 1.04 bits per heavy atom. The number of hydrogen-bond donors (Lipinski definition) is 0. The van der Waals surface area contributed by atoms with E-state index in [0.717, 1.165) is 21.8 Å². The number of aromatic nitrogens is 1. The van der Waals surface area contributed by atoms with Crippen LogP contribution in [0.5, 0.6) is 0 Å². The number of rotatable bonds is 4. The average molecular weight is 421 g/mol. The summed E-state index contributed by atoms with van der Waals surface area (Å²) in [6.07, 6.45) is 0. The van der Waals surface area contributed by atoms with Crippen molar-refractivity contribution in [3.63, 3.8) is 0 Å². The van der Waals surface area contributed by atoms with Crippen molar-refractivity contribution < 1.29 is 13.2 Å². The van der Waals surface area contributed by atoms with Gasteiger partial charge >= 0.3 is 0 Å². The molecule has 1 fully saturated rings. The second-order valence-electron chi connectivity index (χ2n) is 6.09. The number of halogens is 1. The summed E-state index contributed by atoms with van der Waals surface area (Å²) in [5.74, 6) is 0. The largest absolute Gasteiger partial charge is 0.379 e. The fourth-order valence-electron chi connectivity index (χ4n) is 2.89. The zero-order valence-electron chi connectivity index (χ0n) is 14.3. The van der Waals surface area contributed by atoms with Crippen LogP contribution in [-0.4, -0.2) is 44.0 Å². The van der Waals surface area contributed by atoms with E-state index in [1.165, 1.54) is 15.6 Å². The van der Waals surface area contributed by atoms with E-state index in [0.29, 0.717) is 36.2 Å². The first kappa shape index (κ1) is 18.6. The second kappa shape index (κ2) is 7.69. The Hall–Kier alpha value is -1.77. The molecule has 3 aromatic rings. The highest BCUT2D eigenvalue weighted by Gasteiger charge is 2.26. The Morgan fingerprint density at radius 2 is 1.78 bits per heavy atom. The lowest BCUT2D eigenvalue weighted by Gasteiger charge is -2.26. The van der Waals surface area contributed by atoms with E-state index in [-0.39, 0.29) is 0 Å². The van der Waals surface area contributed by atoms with E-state index in [1.807, 2.05) is 29.6 Å². The lowest BCUT2D eigenvalue weighted by Crippen LogP contribution is -2.40. The number of benzene rings is 2. The predicted molar refractivity (Wildman–Crippen MR) is 108 cm³/mol. The molecule has 0 radical (unpaired) electrons. The molecule has 0 atom stereocenters. The van der Waals surface area contributed by atoms with Gasteiger partial charge in [0.15, 0.2) is 0 Å². The molecule has 5 nitrogen and oxygen atoms in total. The van der Waals surface area contributed by atoms with Gasteiger partial charge in [-0.1, -0.05) is 35.9 Å². The Balaban J connectivity index is 1.58. The first-order valence-electron chi connectivity index (χ1n) is 8.44. The maximum absolute atomic E-state index is 12.7. The third kappa shape index (κ3) is 3.93. The highest BCUT2D eigenvalue weighted by Crippen LogP contribution is 2.30. The predicted octanol–water partition coefficient (Wildman–Crippen LogP) is 4.15. The maximum Gasteiger partial charge on any atom is 0.243 e.